The molecule has 3 N–H and O–H groups in total. The molecule has 0 radical (unpaired) electrons. The average molecular weight is 507 g/mol. The molecule has 0 spiro atoms. The summed E-state index contributed by atoms with van der Waals surface area (Å²) in [5.41, 5.74) is 2.11. The van der Waals surface area contributed by atoms with Crippen LogP contribution in [0.1, 0.15) is 33.7 Å². The van der Waals surface area contributed by atoms with Gasteiger partial charge in [-0.25, -0.2) is 4.98 Å². The Morgan fingerprint density at radius 3 is 2.75 bits per heavy atom. The van der Waals surface area contributed by atoms with Crippen molar-refractivity contribution in [1.29, 1.82) is 0 Å². The van der Waals surface area contributed by atoms with Crippen molar-refractivity contribution in [2.75, 3.05) is 23.3 Å². The minimum absolute atomic E-state index is 0.0542. The van der Waals surface area contributed by atoms with Gasteiger partial charge in [-0.15, -0.1) is 5.10 Å². The predicted molar refractivity (Wildman–Crippen MR) is 133 cm³/mol. The van der Waals surface area contributed by atoms with E-state index in [9.17, 15) is 9.59 Å². The Hall–Kier alpha value is -4.16. The largest absolute Gasteiger partial charge is 0.315 e. The molecule has 0 saturated carbocycles. The zero-order valence-electron chi connectivity index (χ0n) is 19.3. The van der Waals surface area contributed by atoms with Crippen LogP contribution in [0, 0.1) is 0 Å². The van der Waals surface area contributed by atoms with Crippen LogP contribution in [-0.2, 0) is 7.05 Å². The number of piperidine rings is 1. The number of aryl methyl sites for hydroxylation is 1. The predicted octanol–water partition coefficient (Wildman–Crippen LogP) is 2.30. The van der Waals surface area contributed by atoms with Crippen molar-refractivity contribution in [3.8, 4) is 11.1 Å². The number of carbonyl (C=O) groups is 2. The van der Waals surface area contributed by atoms with Gasteiger partial charge in [0, 0.05) is 30.9 Å². The number of anilines is 2. The number of aromatic amines is 1. The summed E-state index contributed by atoms with van der Waals surface area (Å²) in [6.07, 6.45) is 5.02. The van der Waals surface area contributed by atoms with Crippen LogP contribution in [-0.4, -0.2) is 66.3 Å². The second kappa shape index (κ2) is 10.2. The summed E-state index contributed by atoms with van der Waals surface area (Å²) in [7, 11) is 1.67. The van der Waals surface area contributed by atoms with E-state index in [-0.39, 0.29) is 17.9 Å². The lowest BCUT2D eigenvalue weighted by Crippen LogP contribution is -2.49. The molecule has 0 bridgehead atoms. The number of halogens is 1. The Kier molecular flexibility index (Phi) is 6.69. The highest BCUT2D eigenvalue weighted by Crippen LogP contribution is 2.29. The number of pyridine rings is 1. The van der Waals surface area contributed by atoms with Crippen LogP contribution < -0.4 is 15.5 Å². The standard InChI is InChI=1S/C23H23ClN10O2/c1-33-19(21(35)28-23-29-31-32-30-23)17(13-27-33)14-6-8-15(9-7-14)22(36)34(16-4-2-10-25-12-16)20-18(24)5-3-11-26-20/h3,5-9,11,13,16,25H,2,4,10,12H2,1H3,(H2,28,29,30,31,32,35). The molecule has 184 valence electrons. The lowest BCUT2D eigenvalue weighted by molar-refractivity contribution is 0.0970. The van der Waals surface area contributed by atoms with Crippen LogP contribution in [0.5, 0.6) is 0 Å². The van der Waals surface area contributed by atoms with Gasteiger partial charge in [0.15, 0.2) is 5.82 Å². The Labute approximate surface area is 211 Å². The van der Waals surface area contributed by atoms with E-state index >= 15 is 0 Å². The summed E-state index contributed by atoms with van der Waals surface area (Å²) in [5.74, 6) is -0.141. The van der Waals surface area contributed by atoms with Crippen molar-refractivity contribution < 1.29 is 9.59 Å². The van der Waals surface area contributed by atoms with E-state index in [1.807, 2.05) is 0 Å². The fourth-order valence-corrected chi connectivity index (χ4v) is 4.48. The number of benzene rings is 1. The van der Waals surface area contributed by atoms with E-state index in [4.69, 9.17) is 11.6 Å². The Morgan fingerprint density at radius 2 is 2.06 bits per heavy atom. The molecule has 1 unspecified atom stereocenters. The van der Waals surface area contributed by atoms with Gasteiger partial charge in [0.05, 0.1) is 17.3 Å². The summed E-state index contributed by atoms with van der Waals surface area (Å²) in [6.45, 7) is 1.57. The first-order chi connectivity index (χ1) is 17.5. The second-order valence-corrected chi connectivity index (χ2v) is 8.69. The maximum absolute atomic E-state index is 13.7. The van der Waals surface area contributed by atoms with Gasteiger partial charge in [-0.1, -0.05) is 28.8 Å². The van der Waals surface area contributed by atoms with Crippen molar-refractivity contribution >= 4 is 35.2 Å². The van der Waals surface area contributed by atoms with E-state index in [2.05, 4.69) is 41.3 Å². The number of hydrogen-bond acceptors (Lipinski definition) is 8. The molecular weight excluding hydrogens is 484 g/mol. The van der Waals surface area contributed by atoms with Crippen LogP contribution in [0.15, 0.2) is 48.8 Å². The maximum atomic E-state index is 13.7. The van der Waals surface area contributed by atoms with Crippen molar-refractivity contribution in [3.05, 3.63) is 65.1 Å². The fourth-order valence-electron chi connectivity index (χ4n) is 4.27. The first-order valence-electron chi connectivity index (χ1n) is 11.3. The number of tetrazole rings is 1. The highest BCUT2D eigenvalue weighted by atomic mass is 35.5. The SMILES string of the molecule is Cn1ncc(-c2ccc(C(=O)N(c3ncccc3Cl)C3CCCNC3)cc2)c1C(=O)Nc1nn[nH]n1. The molecule has 36 heavy (non-hydrogen) atoms. The number of nitrogens with one attached hydrogen (secondary N) is 3. The molecule has 1 fully saturated rings. The van der Waals surface area contributed by atoms with Gasteiger partial charge in [0.25, 0.3) is 17.8 Å². The van der Waals surface area contributed by atoms with Crippen LogP contribution in [0.4, 0.5) is 11.8 Å². The smallest absolute Gasteiger partial charge is 0.277 e. The topological polar surface area (TPSA) is 147 Å². The number of carbonyl (C=O) groups excluding carboxylic acids is 2. The monoisotopic (exact) mass is 506 g/mol. The Morgan fingerprint density at radius 1 is 1.22 bits per heavy atom. The van der Waals surface area contributed by atoms with Gasteiger partial charge in [-0.2, -0.15) is 10.3 Å². The van der Waals surface area contributed by atoms with Gasteiger partial charge in [0.2, 0.25) is 0 Å². The van der Waals surface area contributed by atoms with E-state index in [1.165, 1.54) is 4.68 Å². The third-order valence-electron chi connectivity index (χ3n) is 5.99. The summed E-state index contributed by atoms with van der Waals surface area (Å²) >= 11 is 6.44. The first kappa shape index (κ1) is 23.6. The highest BCUT2D eigenvalue weighted by Gasteiger charge is 2.30. The molecule has 1 aliphatic rings. The summed E-state index contributed by atoms with van der Waals surface area (Å²) in [5, 5.41) is 23.8. The normalized spacial score (nSPS) is 15.4. The molecule has 1 saturated heterocycles. The molecule has 12 nitrogen and oxygen atoms in total. The van der Waals surface area contributed by atoms with Gasteiger partial charge >= 0.3 is 0 Å². The molecule has 3 aromatic heterocycles. The summed E-state index contributed by atoms with van der Waals surface area (Å²) in [6, 6.07) is 10.4. The minimum Gasteiger partial charge on any atom is -0.315 e. The minimum atomic E-state index is -0.438. The lowest BCUT2D eigenvalue weighted by atomic mass is 10.0. The van der Waals surface area contributed by atoms with Crippen molar-refractivity contribution in [1.82, 2.24) is 40.7 Å². The molecule has 0 aliphatic carbocycles. The molecule has 1 aliphatic heterocycles. The Balaban J connectivity index is 1.43. The van der Waals surface area contributed by atoms with Gasteiger partial charge < -0.3 is 5.32 Å². The van der Waals surface area contributed by atoms with Crippen LogP contribution in [0.3, 0.4) is 0 Å². The van der Waals surface area contributed by atoms with E-state index in [1.54, 1.807) is 60.7 Å². The lowest BCUT2D eigenvalue weighted by Gasteiger charge is -2.34. The number of H-pyrrole nitrogens is 1. The maximum Gasteiger partial charge on any atom is 0.277 e. The van der Waals surface area contributed by atoms with Crippen LogP contribution >= 0.6 is 11.6 Å². The first-order valence-corrected chi connectivity index (χ1v) is 11.7. The molecule has 13 heteroatoms. The third kappa shape index (κ3) is 4.68. The highest BCUT2D eigenvalue weighted by molar-refractivity contribution is 6.33. The quantitative estimate of drug-likeness (QED) is 0.361. The zero-order valence-corrected chi connectivity index (χ0v) is 20.1. The molecule has 4 heterocycles. The molecular formula is C23H23ClN10O2. The number of rotatable bonds is 6. The van der Waals surface area contributed by atoms with Crippen LogP contribution in [0.25, 0.3) is 11.1 Å². The van der Waals surface area contributed by atoms with E-state index in [0.717, 1.165) is 24.9 Å². The molecule has 1 aromatic carbocycles. The van der Waals surface area contributed by atoms with E-state index in [0.29, 0.717) is 34.2 Å². The van der Waals surface area contributed by atoms with Crippen LogP contribution in [0.2, 0.25) is 5.02 Å². The van der Waals surface area contributed by atoms with Crippen molar-refractivity contribution in [2.24, 2.45) is 7.05 Å². The summed E-state index contributed by atoms with van der Waals surface area (Å²) < 4.78 is 1.46. The number of hydrogen-bond donors (Lipinski definition) is 3. The number of aromatic nitrogens is 7. The van der Waals surface area contributed by atoms with Crippen molar-refractivity contribution in [2.45, 2.75) is 18.9 Å². The van der Waals surface area contributed by atoms with E-state index < -0.39 is 5.91 Å². The molecule has 4 aromatic rings. The van der Waals surface area contributed by atoms with Crippen molar-refractivity contribution in [3.63, 3.8) is 0 Å². The summed E-state index contributed by atoms with van der Waals surface area (Å²) in [4.78, 5) is 32.6. The zero-order chi connectivity index (χ0) is 25.1. The Bertz CT molecular complexity index is 1360. The number of amides is 2. The third-order valence-corrected chi connectivity index (χ3v) is 6.28. The number of nitrogens with zero attached hydrogens (tertiary/aromatic N) is 7. The molecule has 1 atom stereocenters. The van der Waals surface area contributed by atoms with Gasteiger partial charge in [-0.05, 0) is 54.4 Å². The second-order valence-electron chi connectivity index (χ2n) is 8.28. The fraction of sp³-hybridized carbons (Fsp3) is 0.261. The average Bonchev–Trinajstić information content (AvgIpc) is 3.55. The van der Waals surface area contributed by atoms with Gasteiger partial charge in [0.1, 0.15) is 5.69 Å². The van der Waals surface area contributed by atoms with Gasteiger partial charge in [-0.3, -0.25) is 24.5 Å². The molecule has 2 amide bonds. The molecule has 5 rings (SSSR count).